The molecule has 5 heteroatoms. The van der Waals surface area contributed by atoms with Crippen molar-refractivity contribution in [1.82, 2.24) is 10.3 Å². The van der Waals surface area contributed by atoms with Crippen molar-refractivity contribution in [2.24, 2.45) is 0 Å². The minimum absolute atomic E-state index is 0.174. The lowest BCUT2D eigenvalue weighted by Gasteiger charge is -2.15. The number of hydrogen-bond donors (Lipinski definition) is 2. The average Bonchev–Trinajstić information content (AvgIpc) is 2.70. The second kappa shape index (κ2) is 5.84. The molecule has 1 fully saturated rings. The van der Waals surface area contributed by atoms with Gasteiger partial charge in [0.15, 0.2) is 0 Å². The van der Waals surface area contributed by atoms with Gasteiger partial charge >= 0.3 is 0 Å². The molecular weight excluding hydrogens is 274 g/mol. The molecule has 1 aliphatic carbocycles. The van der Waals surface area contributed by atoms with Gasteiger partial charge in [0.2, 0.25) is 0 Å². The highest BCUT2D eigenvalue weighted by Gasteiger charge is 2.18. The molecule has 1 aromatic heterocycles. The number of carbonyl (C=O) groups is 1. The number of aromatic amines is 1. The summed E-state index contributed by atoms with van der Waals surface area (Å²) in [5.41, 5.74) is 0.581. The first-order valence-corrected chi connectivity index (χ1v) is 7.42. The maximum absolute atomic E-state index is 13.6. The van der Waals surface area contributed by atoms with E-state index in [-0.39, 0.29) is 23.0 Å². The summed E-state index contributed by atoms with van der Waals surface area (Å²) in [6, 6.07) is 3.63. The number of nitrogens with one attached hydrogen (secondary N) is 2. The number of carbonyl (C=O) groups excluding carboxylic acids is 1. The van der Waals surface area contributed by atoms with Crippen LogP contribution < -0.4 is 5.32 Å². The molecule has 3 rings (SSSR count). The lowest BCUT2D eigenvalue weighted by molar-refractivity contribution is 0.0929. The number of aromatic nitrogens is 1. The normalized spacial score (nSPS) is 16.9. The number of halogens is 2. The molecular formula is C16H18F2N2O. The van der Waals surface area contributed by atoms with Crippen LogP contribution in [0.4, 0.5) is 8.78 Å². The van der Waals surface area contributed by atoms with E-state index in [4.69, 9.17) is 0 Å². The van der Waals surface area contributed by atoms with Crippen LogP contribution in [0.1, 0.15) is 49.0 Å². The Hall–Kier alpha value is -1.91. The minimum atomic E-state index is -0.658. The molecule has 0 unspecified atom stereocenters. The van der Waals surface area contributed by atoms with Gasteiger partial charge in [-0.2, -0.15) is 0 Å². The lowest BCUT2D eigenvalue weighted by atomic mass is 10.1. The van der Waals surface area contributed by atoms with Crippen molar-refractivity contribution in [3.8, 4) is 0 Å². The van der Waals surface area contributed by atoms with E-state index < -0.39 is 11.6 Å². The lowest BCUT2D eigenvalue weighted by Crippen LogP contribution is -2.34. The van der Waals surface area contributed by atoms with Crippen LogP contribution in [0.2, 0.25) is 0 Å². The molecule has 1 amide bonds. The quantitative estimate of drug-likeness (QED) is 0.810. The highest BCUT2D eigenvalue weighted by atomic mass is 19.1. The molecule has 0 atom stereocenters. The molecule has 0 radical (unpaired) electrons. The summed E-state index contributed by atoms with van der Waals surface area (Å²) in [5.74, 6) is -1.56. The zero-order valence-corrected chi connectivity index (χ0v) is 11.7. The predicted octanol–water partition coefficient (Wildman–Crippen LogP) is 3.90. The van der Waals surface area contributed by atoms with Gasteiger partial charge in [-0.3, -0.25) is 4.79 Å². The fourth-order valence-electron chi connectivity index (χ4n) is 2.97. The van der Waals surface area contributed by atoms with Gasteiger partial charge in [-0.15, -0.1) is 0 Å². The van der Waals surface area contributed by atoms with Gasteiger partial charge in [0.25, 0.3) is 5.91 Å². The molecule has 0 saturated heterocycles. The summed E-state index contributed by atoms with van der Waals surface area (Å²) in [4.78, 5) is 15.0. The second-order valence-electron chi connectivity index (χ2n) is 5.69. The SMILES string of the molecule is O=C(NC1CCCCCC1)c1cc2c(F)cc(F)cc2[nH]1. The van der Waals surface area contributed by atoms with E-state index in [1.807, 2.05) is 0 Å². The van der Waals surface area contributed by atoms with Crippen LogP contribution >= 0.6 is 0 Å². The molecule has 1 aromatic carbocycles. The Kier molecular flexibility index (Phi) is 3.90. The third kappa shape index (κ3) is 3.06. The van der Waals surface area contributed by atoms with E-state index >= 15 is 0 Å². The van der Waals surface area contributed by atoms with Gasteiger partial charge in [-0.25, -0.2) is 8.78 Å². The maximum atomic E-state index is 13.6. The Bertz CT molecular complexity index is 658. The van der Waals surface area contributed by atoms with Gasteiger partial charge in [-0.1, -0.05) is 25.7 Å². The number of rotatable bonds is 2. The minimum Gasteiger partial charge on any atom is -0.350 e. The summed E-state index contributed by atoms with van der Waals surface area (Å²) >= 11 is 0. The Morgan fingerprint density at radius 1 is 1.10 bits per heavy atom. The average molecular weight is 292 g/mol. The molecule has 0 spiro atoms. The highest BCUT2D eigenvalue weighted by molar-refractivity contribution is 5.98. The summed E-state index contributed by atoms with van der Waals surface area (Å²) in [5, 5.41) is 3.22. The first-order chi connectivity index (χ1) is 10.1. The first-order valence-electron chi connectivity index (χ1n) is 7.42. The summed E-state index contributed by atoms with van der Waals surface area (Å²) in [7, 11) is 0. The number of benzene rings is 1. The summed E-state index contributed by atoms with van der Waals surface area (Å²) in [6.07, 6.45) is 6.63. The Labute approximate surface area is 121 Å². The van der Waals surface area contributed by atoms with E-state index in [0.717, 1.165) is 31.7 Å². The fourth-order valence-corrected chi connectivity index (χ4v) is 2.97. The molecule has 2 N–H and O–H groups in total. The Balaban J connectivity index is 1.79. The topological polar surface area (TPSA) is 44.9 Å². The zero-order valence-electron chi connectivity index (χ0n) is 11.7. The summed E-state index contributed by atoms with van der Waals surface area (Å²) in [6.45, 7) is 0. The standard InChI is InChI=1S/C16H18F2N2O/c17-10-7-13(18)12-9-15(20-14(12)8-10)16(21)19-11-5-3-1-2-4-6-11/h7-9,11,20H,1-6H2,(H,19,21). The van der Waals surface area contributed by atoms with Gasteiger partial charge in [0, 0.05) is 17.5 Å². The molecule has 1 saturated carbocycles. The monoisotopic (exact) mass is 292 g/mol. The van der Waals surface area contributed by atoms with Crippen LogP contribution in [0.15, 0.2) is 18.2 Å². The van der Waals surface area contributed by atoms with E-state index in [1.165, 1.54) is 25.0 Å². The van der Waals surface area contributed by atoms with Crippen molar-refractivity contribution < 1.29 is 13.6 Å². The van der Waals surface area contributed by atoms with Crippen molar-refractivity contribution >= 4 is 16.8 Å². The van der Waals surface area contributed by atoms with E-state index in [9.17, 15) is 13.6 Å². The third-order valence-electron chi connectivity index (χ3n) is 4.09. The molecule has 1 heterocycles. The third-order valence-corrected chi connectivity index (χ3v) is 4.09. The van der Waals surface area contributed by atoms with E-state index in [2.05, 4.69) is 10.3 Å². The van der Waals surface area contributed by atoms with Crippen LogP contribution in [0, 0.1) is 11.6 Å². The number of H-pyrrole nitrogens is 1. The fraction of sp³-hybridized carbons (Fsp3) is 0.438. The van der Waals surface area contributed by atoms with Gasteiger partial charge < -0.3 is 10.3 Å². The largest absolute Gasteiger partial charge is 0.350 e. The van der Waals surface area contributed by atoms with Crippen LogP contribution in [0.25, 0.3) is 10.9 Å². The number of fused-ring (bicyclic) bond motifs is 1. The van der Waals surface area contributed by atoms with Gasteiger partial charge in [0.05, 0.1) is 5.52 Å². The van der Waals surface area contributed by atoms with E-state index in [1.54, 1.807) is 0 Å². The molecule has 0 aliphatic heterocycles. The molecule has 21 heavy (non-hydrogen) atoms. The van der Waals surface area contributed by atoms with Crippen molar-refractivity contribution in [1.29, 1.82) is 0 Å². The number of amides is 1. The molecule has 112 valence electrons. The van der Waals surface area contributed by atoms with Crippen molar-refractivity contribution in [3.05, 3.63) is 35.5 Å². The van der Waals surface area contributed by atoms with Crippen LogP contribution in [-0.4, -0.2) is 16.9 Å². The van der Waals surface area contributed by atoms with Gasteiger partial charge in [-0.05, 0) is 25.0 Å². The molecule has 1 aliphatic rings. The van der Waals surface area contributed by atoms with Crippen LogP contribution in [0.5, 0.6) is 0 Å². The Morgan fingerprint density at radius 2 is 1.81 bits per heavy atom. The molecule has 3 nitrogen and oxygen atoms in total. The van der Waals surface area contributed by atoms with Crippen molar-refractivity contribution in [3.63, 3.8) is 0 Å². The molecule has 0 bridgehead atoms. The Morgan fingerprint density at radius 3 is 2.52 bits per heavy atom. The van der Waals surface area contributed by atoms with Gasteiger partial charge in [0.1, 0.15) is 17.3 Å². The smallest absolute Gasteiger partial charge is 0.267 e. The highest BCUT2D eigenvalue weighted by Crippen LogP contribution is 2.21. The van der Waals surface area contributed by atoms with Crippen molar-refractivity contribution in [2.45, 2.75) is 44.6 Å². The predicted molar refractivity (Wildman–Crippen MR) is 77.2 cm³/mol. The molecule has 2 aromatic rings. The first kappa shape index (κ1) is 14.0. The van der Waals surface area contributed by atoms with E-state index in [0.29, 0.717) is 5.52 Å². The van der Waals surface area contributed by atoms with Crippen molar-refractivity contribution in [2.75, 3.05) is 0 Å². The number of hydrogen-bond acceptors (Lipinski definition) is 1. The zero-order chi connectivity index (χ0) is 14.8. The van der Waals surface area contributed by atoms with Crippen LogP contribution in [0.3, 0.4) is 0 Å². The van der Waals surface area contributed by atoms with Crippen LogP contribution in [-0.2, 0) is 0 Å². The second-order valence-corrected chi connectivity index (χ2v) is 5.69. The maximum Gasteiger partial charge on any atom is 0.267 e. The summed E-state index contributed by atoms with van der Waals surface area (Å²) < 4.78 is 26.8.